The maximum atomic E-state index is 4.64. The molecule has 0 saturated heterocycles. The van der Waals surface area contributed by atoms with Crippen LogP contribution < -0.4 is 10.6 Å². The fourth-order valence-corrected chi connectivity index (χ4v) is 2.69. The molecule has 1 aliphatic heterocycles. The van der Waals surface area contributed by atoms with E-state index in [0.29, 0.717) is 0 Å². The van der Waals surface area contributed by atoms with E-state index in [0.717, 1.165) is 48.3 Å². The molecule has 0 amide bonds. The summed E-state index contributed by atoms with van der Waals surface area (Å²) in [5.74, 6) is 0.891. The first-order valence-corrected chi connectivity index (χ1v) is 7.32. The van der Waals surface area contributed by atoms with Crippen LogP contribution in [0.15, 0.2) is 40.7 Å². The Hall–Kier alpha value is -1.15. The molecule has 2 heterocycles. The quantitative estimate of drug-likeness (QED) is 0.780. The first-order valence-electron chi connectivity index (χ1n) is 6.44. The Morgan fingerprint density at radius 3 is 2.85 bits per heavy atom. The van der Waals surface area contributed by atoms with Gasteiger partial charge in [-0.25, -0.2) is 4.98 Å². The fourth-order valence-electron chi connectivity index (χ4n) is 1.94. The van der Waals surface area contributed by atoms with Crippen molar-refractivity contribution in [3.05, 3.63) is 40.7 Å². The lowest BCUT2D eigenvalue weighted by molar-refractivity contribution is 0.701. The fraction of sp³-hybridized carbons (Fsp3) is 0.286. The number of nitrogens with one attached hydrogen (secondary N) is 2. The highest BCUT2D eigenvalue weighted by Gasteiger charge is 2.06. The van der Waals surface area contributed by atoms with Gasteiger partial charge in [0.1, 0.15) is 5.01 Å². The molecule has 0 unspecified atom stereocenters. The van der Waals surface area contributed by atoms with Gasteiger partial charge >= 0.3 is 0 Å². The maximum absolute atomic E-state index is 4.64. The van der Waals surface area contributed by atoms with Crippen LogP contribution in [0.5, 0.6) is 0 Å². The lowest BCUT2D eigenvalue weighted by atomic mass is 10.2. The number of thiazole rings is 1. The van der Waals surface area contributed by atoms with Crippen molar-refractivity contribution in [2.24, 2.45) is 4.99 Å². The molecular weight excluding hydrogens is 383 g/mol. The number of rotatable bonds is 3. The van der Waals surface area contributed by atoms with Gasteiger partial charge in [0.25, 0.3) is 0 Å². The molecular formula is C14H17IN4S. The Balaban J connectivity index is 0.00000147. The summed E-state index contributed by atoms with van der Waals surface area (Å²) >= 11 is 1.68. The molecule has 0 fully saturated rings. The van der Waals surface area contributed by atoms with E-state index in [1.807, 2.05) is 18.2 Å². The predicted octanol–water partition coefficient (Wildman–Crippen LogP) is 2.87. The number of halogens is 1. The SMILES string of the molecule is I.c1ccc(-c2csc(CNC3=NCCCN3)n2)cc1. The van der Waals surface area contributed by atoms with E-state index in [9.17, 15) is 0 Å². The lowest BCUT2D eigenvalue weighted by Gasteiger charge is -2.14. The second-order valence-corrected chi connectivity index (χ2v) is 5.30. The molecule has 0 bridgehead atoms. The van der Waals surface area contributed by atoms with Crippen molar-refractivity contribution in [2.45, 2.75) is 13.0 Å². The van der Waals surface area contributed by atoms with E-state index in [1.54, 1.807) is 11.3 Å². The molecule has 1 aromatic heterocycles. The van der Waals surface area contributed by atoms with Crippen molar-refractivity contribution < 1.29 is 0 Å². The number of aromatic nitrogens is 1. The number of hydrogen-bond donors (Lipinski definition) is 2. The van der Waals surface area contributed by atoms with Crippen molar-refractivity contribution in [2.75, 3.05) is 13.1 Å². The molecule has 0 radical (unpaired) electrons. The second kappa shape index (κ2) is 7.58. The average molecular weight is 400 g/mol. The molecule has 3 rings (SSSR count). The van der Waals surface area contributed by atoms with Gasteiger partial charge in [0.2, 0.25) is 0 Å². The number of aliphatic imine (C=N–C) groups is 1. The topological polar surface area (TPSA) is 49.3 Å². The van der Waals surface area contributed by atoms with Gasteiger partial charge in [0.15, 0.2) is 5.96 Å². The Labute approximate surface area is 139 Å². The first kappa shape index (κ1) is 15.2. The number of hydrogen-bond acceptors (Lipinski definition) is 5. The van der Waals surface area contributed by atoms with E-state index in [1.165, 1.54) is 0 Å². The van der Waals surface area contributed by atoms with Crippen molar-refractivity contribution in [1.29, 1.82) is 0 Å². The van der Waals surface area contributed by atoms with Gasteiger partial charge in [-0.1, -0.05) is 30.3 Å². The lowest BCUT2D eigenvalue weighted by Crippen LogP contribution is -2.40. The summed E-state index contributed by atoms with van der Waals surface area (Å²) in [5.41, 5.74) is 2.21. The highest BCUT2D eigenvalue weighted by atomic mass is 127. The third-order valence-electron chi connectivity index (χ3n) is 2.93. The second-order valence-electron chi connectivity index (χ2n) is 4.36. The summed E-state index contributed by atoms with van der Waals surface area (Å²) in [7, 11) is 0. The highest BCUT2D eigenvalue weighted by molar-refractivity contribution is 14.0. The Bertz CT molecular complexity index is 568. The smallest absolute Gasteiger partial charge is 0.191 e. The third-order valence-corrected chi connectivity index (χ3v) is 3.77. The summed E-state index contributed by atoms with van der Waals surface area (Å²) in [6, 6.07) is 10.3. The van der Waals surface area contributed by atoms with Gasteiger partial charge in [0.05, 0.1) is 12.2 Å². The van der Waals surface area contributed by atoms with E-state index < -0.39 is 0 Å². The van der Waals surface area contributed by atoms with Crippen LogP contribution in [0.3, 0.4) is 0 Å². The summed E-state index contributed by atoms with van der Waals surface area (Å²) in [4.78, 5) is 9.02. The first-order chi connectivity index (χ1) is 9.42. The minimum atomic E-state index is 0. The van der Waals surface area contributed by atoms with E-state index in [2.05, 4.69) is 38.1 Å². The van der Waals surface area contributed by atoms with Gasteiger partial charge in [-0.3, -0.25) is 4.99 Å². The van der Waals surface area contributed by atoms with Crippen LogP contribution in [-0.4, -0.2) is 24.0 Å². The predicted molar refractivity (Wildman–Crippen MR) is 94.7 cm³/mol. The van der Waals surface area contributed by atoms with Crippen molar-refractivity contribution >= 4 is 41.3 Å². The minimum Gasteiger partial charge on any atom is -0.356 e. The summed E-state index contributed by atoms with van der Waals surface area (Å²) < 4.78 is 0. The molecule has 0 aliphatic carbocycles. The maximum Gasteiger partial charge on any atom is 0.191 e. The van der Waals surface area contributed by atoms with E-state index >= 15 is 0 Å². The van der Waals surface area contributed by atoms with Crippen molar-refractivity contribution in [3.63, 3.8) is 0 Å². The van der Waals surface area contributed by atoms with Crippen LogP contribution in [0.2, 0.25) is 0 Å². The molecule has 6 heteroatoms. The van der Waals surface area contributed by atoms with Crippen LogP contribution in [0.1, 0.15) is 11.4 Å². The molecule has 0 atom stereocenters. The molecule has 106 valence electrons. The zero-order chi connectivity index (χ0) is 12.9. The Morgan fingerprint density at radius 2 is 2.10 bits per heavy atom. The summed E-state index contributed by atoms with van der Waals surface area (Å²) in [5, 5.41) is 9.71. The third kappa shape index (κ3) is 3.92. The molecule has 0 spiro atoms. The van der Waals surface area contributed by atoms with Crippen LogP contribution >= 0.6 is 35.3 Å². The monoisotopic (exact) mass is 400 g/mol. The molecule has 4 nitrogen and oxygen atoms in total. The zero-order valence-electron chi connectivity index (χ0n) is 11.0. The standard InChI is InChI=1S/C14H16N4S.HI/c1-2-5-11(6-3-1)12-10-19-13(18-12)9-17-14-15-7-4-8-16-14;/h1-3,5-6,10H,4,7-9H2,(H2,15,16,17);1H. The summed E-state index contributed by atoms with van der Waals surface area (Å²) in [6.45, 7) is 2.63. The number of guanidine groups is 1. The molecule has 0 saturated carbocycles. The van der Waals surface area contributed by atoms with Crippen molar-refractivity contribution in [3.8, 4) is 11.3 Å². The molecule has 2 N–H and O–H groups in total. The zero-order valence-corrected chi connectivity index (χ0v) is 14.2. The largest absolute Gasteiger partial charge is 0.356 e. The van der Waals surface area contributed by atoms with Crippen LogP contribution in [-0.2, 0) is 6.54 Å². The number of benzene rings is 1. The van der Waals surface area contributed by atoms with Crippen molar-refractivity contribution in [1.82, 2.24) is 15.6 Å². The summed E-state index contributed by atoms with van der Waals surface area (Å²) in [6.07, 6.45) is 1.11. The Kier molecular flexibility index (Phi) is 5.78. The molecule has 1 aliphatic rings. The van der Waals surface area contributed by atoms with Gasteiger partial charge < -0.3 is 10.6 Å². The number of nitrogens with zero attached hydrogens (tertiary/aromatic N) is 2. The molecule has 20 heavy (non-hydrogen) atoms. The van der Waals surface area contributed by atoms with Crippen LogP contribution in [0, 0.1) is 0 Å². The molecule has 2 aromatic rings. The van der Waals surface area contributed by atoms with Gasteiger partial charge in [-0.15, -0.1) is 35.3 Å². The van der Waals surface area contributed by atoms with Gasteiger partial charge in [-0.05, 0) is 6.42 Å². The van der Waals surface area contributed by atoms with Gasteiger partial charge in [0, 0.05) is 24.0 Å². The van der Waals surface area contributed by atoms with Gasteiger partial charge in [-0.2, -0.15) is 0 Å². The average Bonchev–Trinajstić information content (AvgIpc) is 2.96. The van der Waals surface area contributed by atoms with E-state index in [4.69, 9.17) is 0 Å². The van der Waals surface area contributed by atoms with Crippen LogP contribution in [0.4, 0.5) is 0 Å². The Morgan fingerprint density at radius 1 is 1.25 bits per heavy atom. The normalized spacial score (nSPS) is 13.9. The van der Waals surface area contributed by atoms with Crippen LogP contribution in [0.25, 0.3) is 11.3 Å². The minimum absolute atomic E-state index is 0. The van der Waals surface area contributed by atoms with E-state index in [-0.39, 0.29) is 24.0 Å². The highest BCUT2D eigenvalue weighted by Crippen LogP contribution is 2.21. The molecule has 1 aromatic carbocycles.